The first-order chi connectivity index (χ1) is 14.9. The summed E-state index contributed by atoms with van der Waals surface area (Å²) in [5.74, 6) is 0.492. The molecular weight excluding hydrogens is 396 g/mol. The second kappa shape index (κ2) is 10.5. The van der Waals surface area contributed by atoms with Crippen molar-refractivity contribution in [2.75, 3.05) is 30.8 Å². The minimum atomic E-state index is -0.538. The van der Waals surface area contributed by atoms with Crippen molar-refractivity contribution < 1.29 is 14.3 Å². The predicted molar refractivity (Wildman–Crippen MR) is 120 cm³/mol. The lowest BCUT2D eigenvalue weighted by molar-refractivity contribution is -0.105. The van der Waals surface area contributed by atoms with Crippen LogP contribution >= 0.6 is 0 Å². The smallest absolute Gasteiger partial charge is 0.411 e. The van der Waals surface area contributed by atoms with Gasteiger partial charge in [-0.05, 0) is 59.0 Å². The first kappa shape index (κ1) is 22.2. The Labute approximate surface area is 181 Å². The van der Waals surface area contributed by atoms with Crippen LogP contribution in [0, 0.1) is 0 Å². The third kappa shape index (κ3) is 6.51. The second-order valence-electron chi connectivity index (χ2n) is 7.61. The highest BCUT2D eigenvalue weighted by Gasteiger charge is 2.09. The molecule has 0 bridgehead atoms. The molecule has 2 N–H and O–H groups in total. The van der Waals surface area contributed by atoms with Gasteiger partial charge >= 0.3 is 6.09 Å². The average Bonchev–Trinajstić information content (AvgIpc) is 3.37. The minimum Gasteiger partial charge on any atom is -0.447 e. The number of hydrogen-bond donors (Lipinski definition) is 2. The Morgan fingerprint density at radius 1 is 1.19 bits per heavy atom. The van der Waals surface area contributed by atoms with Crippen molar-refractivity contribution in [2.24, 2.45) is 0 Å². The summed E-state index contributed by atoms with van der Waals surface area (Å²) in [5, 5.41) is 5.22. The lowest BCUT2D eigenvalue weighted by Gasteiger charge is -2.09. The molecule has 9 nitrogen and oxygen atoms in total. The summed E-state index contributed by atoms with van der Waals surface area (Å²) in [4.78, 5) is 33.3. The first-order valence-corrected chi connectivity index (χ1v) is 10.3. The van der Waals surface area contributed by atoms with Gasteiger partial charge in [0.25, 0.3) is 0 Å². The van der Waals surface area contributed by atoms with E-state index in [0.717, 1.165) is 5.56 Å². The van der Waals surface area contributed by atoms with Crippen molar-refractivity contribution in [3.05, 3.63) is 42.9 Å². The molecule has 4 rings (SSSR count). The molecule has 1 fully saturated rings. The lowest BCUT2D eigenvalue weighted by Crippen LogP contribution is -2.18. The number of fused-ring (bicyclic) bond motifs is 1. The number of nitrogens with one attached hydrogen (secondary N) is 2. The van der Waals surface area contributed by atoms with Gasteiger partial charge in [-0.15, -0.1) is 0 Å². The number of carbonyl (C=O) groups is 2. The van der Waals surface area contributed by atoms with Gasteiger partial charge in [-0.1, -0.05) is 12.1 Å². The molecule has 0 spiro atoms. The molecule has 0 radical (unpaired) electrons. The number of aromatic nitrogens is 3. The van der Waals surface area contributed by atoms with Gasteiger partial charge < -0.3 is 15.0 Å². The van der Waals surface area contributed by atoms with Crippen molar-refractivity contribution in [1.82, 2.24) is 19.3 Å². The van der Waals surface area contributed by atoms with E-state index in [4.69, 9.17) is 4.74 Å². The number of hydrogen-bond acceptors (Lipinski definition) is 6. The molecule has 1 saturated heterocycles. The van der Waals surface area contributed by atoms with Gasteiger partial charge in [0.15, 0.2) is 0 Å². The zero-order valence-electron chi connectivity index (χ0n) is 18.0. The Bertz CT molecular complexity index is 1030. The van der Waals surface area contributed by atoms with E-state index in [1.807, 2.05) is 18.2 Å². The highest BCUT2D eigenvalue weighted by atomic mass is 16.6. The summed E-state index contributed by atoms with van der Waals surface area (Å²) in [6, 6.07) is 7.31. The van der Waals surface area contributed by atoms with Gasteiger partial charge in [0, 0.05) is 23.6 Å². The molecule has 1 aliphatic heterocycles. The highest BCUT2D eigenvalue weighted by Crippen LogP contribution is 2.22. The Kier molecular flexibility index (Phi) is 7.55. The molecule has 1 aromatic carbocycles. The van der Waals surface area contributed by atoms with Crippen molar-refractivity contribution in [3.63, 3.8) is 0 Å². The molecule has 1 aliphatic rings. The Balaban J connectivity index is 0.000000391. The van der Waals surface area contributed by atoms with Crippen LogP contribution in [0.3, 0.4) is 0 Å². The van der Waals surface area contributed by atoms with Crippen molar-refractivity contribution in [1.29, 1.82) is 0 Å². The van der Waals surface area contributed by atoms with Crippen LogP contribution in [0.15, 0.2) is 42.9 Å². The van der Waals surface area contributed by atoms with E-state index in [1.54, 1.807) is 36.7 Å². The van der Waals surface area contributed by atoms with E-state index in [2.05, 4.69) is 32.5 Å². The largest absolute Gasteiger partial charge is 0.447 e. The van der Waals surface area contributed by atoms with Crippen LogP contribution in [0.5, 0.6) is 0 Å². The maximum atomic E-state index is 11.7. The maximum absolute atomic E-state index is 11.7. The van der Waals surface area contributed by atoms with E-state index < -0.39 is 6.09 Å². The van der Waals surface area contributed by atoms with Crippen LogP contribution in [-0.4, -0.2) is 58.0 Å². The molecule has 0 atom stereocenters. The summed E-state index contributed by atoms with van der Waals surface area (Å²) in [5.41, 5.74) is 2.71. The minimum absolute atomic E-state index is 0.205. The third-order valence-corrected chi connectivity index (χ3v) is 4.61. The van der Waals surface area contributed by atoms with Gasteiger partial charge in [0.2, 0.25) is 12.2 Å². The molecule has 2 amide bonds. The fourth-order valence-corrected chi connectivity index (χ4v) is 3.16. The molecule has 0 unspecified atom stereocenters. The molecule has 3 aromatic rings. The van der Waals surface area contributed by atoms with E-state index in [-0.39, 0.29) is 6.10 Å². The number of amides is 2. The predicted octanol–water partition coefficient (Wildman–Crippen LogP) is 3.63. The number of likely N-dealkylation sites (tertiary alicyclic amines) is 1. The van der Waals surface area contributed by atoms with E-state index >= 15 is 0 Å². The number of nitrogens with zero attached hydrogens (tertiary/aromatic N) is 4. The van der Waals surface area contributed by atoms with Gasteiger partial charge in [0.05, 0.1) is 23.7 Å². The lowest BCUT2D eigenvalue weighted by atomic mass is 10.1. The van der Waals surface area contributed by atoms with E-state index in [9.17, 15) is 9.59 Å². The number of rotatable bonds is 5. The van der Waals surface area contributed by atoms with Crippen LogP contribution in [0.1, 0.15) is 26.7 Å². The van der Waals surface area contributed by atoms with E-state index in [1.165, 1.54) is 32.1 Å². The van der Waals surface area contributed by atoms with Crippen molar-refractivity contribution >= 4 is 29.7 Å². The quantitative estimate of drug-likeness (QED) is 0.607. The summed E-state index contributed by atoms with van der Waals surface area (Å²) >= 11 is 0. The van der Waals surface area contributed by atoms with Crippen molar-refractivity contribution in [2.45, 2.75) is 32.8 Å². The van der Waals surface area contributed by atoms with Gasteiger partial charge in [-0.2, -0.15) is 0 Å². The average molecular weight is 425 g/mol. The highest BCUT2D eigenvalue weighted by molar-refractivity contribution is 5.84. The number of benzene rings is 1. The standard InChI is InChI=1S/C17H17N5O3.C5H11N/c1-11(2)25-17(24)20-14-7-18-16-21-15(9-22(16)8-14)12-4-3-5-13(6-12)19-10-23;1-6-4-2-3-5-6/h3-11H,1-2H3,(H,19,23)(H,20,24);2-5H2,1H3. The van der Waals surface area contributed by atoms with Gasteiger partial charge in [-0.25, -0.2) is 14.8 Å². The molecule has 9 heteroatoms. The van der Waals surface area contributed by atoms with Crippen LogP contribution in [0.2, 0.25) is 0 Å². The SMILES string of the molecule is CC(C)OC(=O)Nc1cnc2nc(-c3cccc(NC=O)c3)cn2c1.CN1CCCC1. The van der Waals surface area contributed by atoms with Crippen LogP contribution in [-0.2, 0) is 9.53 Å². The third-order valence-electron chi connectivity index (χ3n) is 4.61. The Morgan fingerprint density at radius 2 is 1.97 bits per heavy atom. The van der Waals surface area contributed by atoms with Crippen LogP contribution < -0.4 is 10.6 Å². The molecule has 0 aliphatic carbocycles. The summed E-state index contributed by atoms with van der Waals surface area (Å²) in [7, 11) is 2.17. The normalized spacial score (nSPS) is 13.5. The molecule has 31 heavy (non-hydrogen) atoms. The van der Waals surface area contributed by atoms with Crippen LogP contribution in [0.4, 0.5) is 16.2 Å². The monoisotopic (exact) mass is 424 g/mol. The summed E-state index contributed by atoms with van der Waals surface area (Å²) in [6.45, 7) is 6.19. The number of carbonyl (C=O) groups excluding carboxylic acids is 2. The van der Waals surface area contributed by atoms with Gasteiger partial charge in [-0.3, -0.25) is 14.5 Å². The molecule has 3 heterocycles. The summed E-state index contributed by atoms with van der Waals surface area (Å²) < 4.78 is 6.75. The summed E-state index contributed by atoms with van der Waals surface area (Å²) in [6.07, 6.45) is 7.71. The second-order valence-corrected chi connectivity index (χ2v) is 7.61. The number of imidazole rings is 1. The zero-order chi connectivity index (χ0) is 22.2. The number of ether oxygens (including phenoxy) is 1. The first-order valence-electron chi connectivity index (χ1n) is 10.3. The van der Waals surface area contributed by atoms with Crippen LogP contribution in [0.25, 0.3) is 17.0 Å². The number of anilines is 2. The zero-order valence-corrected chi connectivity index (χ0v) is 18.0. The molecule has 164 valence electrons. The van der Waals surface area contributed by atoms with Crippen molar-refractivity contribution in [3.8, 4) is 11.3 Å². The Morgan fingerprint density at radius 3 is 2.61 bits per heavy atom. The fraction of sp³-hybridized carbons (Fsp3) is 0.364. The fourth-order valence-electron chi connectivity index (χ4n) is 3.16. The maximum Gasteiger partial charge on any atom is 0.411 e. The molecule has 0 saturated carbocycles. The Hall–Kier alpha value is -3.46. The molecule has 2 aromatic heterocycles. The van der Waals surface area contributed by atoms with E-state index in [0.29, 0.717) is 29.3 Å². The molecular formula is C22H28N6O3. The topological polar surface area (TPSA) is 101 Å². The van der Waals surface area contributed by atoms with Gasteiger partial charge in [0.1, 0.15) is 0 Å².